The largest absolute Gasteiger partial charge is 0.381 e. The van der Waals surface area contributed by atoms with Crippen LogP contribution in [0.3, 0.4) is 0 Å². The van der Waals surface area contributed by atoms with Gasteiger partial charge in [-0.25, -0.2) is 0 Å². The molecule has 0 aromatic heterocycles. The van der Waals surface area contributed by atoms with Gasteiger partial charge in [0.15, 0.2) is 0 Å². The maximum absolute atomic E-state index is 11.6. The molecule has 1 saturated carbocycles. The summed E-state index contributed by atoms with van der Waals surface area (Å²) in [6.07, 6.45) is 3.86. The van der Waals surface area contributed by atoms with E-state index < -0.39 is 0 Å². The van der Waals surface area contributed by atoms with E-state index in [1.807, 2.05) is 6.07 Å². The monoisotopic (exact) mass is 266 g/mol. The second-order valence-electron chi connectivity index (χ2n) is 5.00. The Labute approximate surface area is 113 Å². The third-order valence-electron chi connectivity index (χ3n) is 3.24. The highest BCUT2D eigenvalue weighted by Gasteiger charge is 2.23. The van der Waals surface area contributed by atoms with Gasteiger partial charge in [-0.2, -0.15) is 0 Å². The Morgan fingerprint density at radius 2 is 2.22 bits per heavy atom. The van der Waals surface area contributed by atoms with Gasteiger partial charge < -0.3 is 10.6 Å². The minimum atomic E-state index is -0.0930. The van der Waals surface area contributed by atoms with E-state index in [2.05, 4.69) is 17.6 Å². The maximum Gasteiger partial charge on any atom is 0.251 e. The average Bonchev–Trinajstić information content (AvgIpc) is 3.14. The Kier molecular flexibility index (Phi) is 4.12. The van der Waals surface area contributed by atoms with Gasteiger partial charge in [-0.15, -0.1) is 0 Å². The third kappa shape index (κ3) is 3.39. The van der Waals surface area contributed by atoms with E-state index in [4.69, 9.17) is 11.6 Å². The van der Waals surface area contributed by atoms with E-state index in [1.54, 1.807) is 19.2 Å². The van der Waals surface area contributed by atoms with Crippen LogP contribution >= 0.6 is 11.6 Å². The van der Waals surface area contributed by atoms with Crippen molar-refractivity contribution >= 4 is 23.2 Å². The number of rotatable bonds is 5. The minimum Gasteiger partial charge on any atom is -0.381 e. The number of anilines is 1. The molecule has 1 aliphatic carbocycles. The molecule has 1 fully saturated rings. The molecule has 0 aliphatic heterocycles. The predicted molar refractivity (Wildman–Crippen MR) is 75.3 cm³/mol. The first-order chi connectivity index (χ1) is 8.60. The van der Waals surface area contributed by atoms with Crippen molar-refractivity contribution in [2.24, 2.45) is 5.92 Å². The normalized spacial score (nSPS) is 16.2. The van der Waals surface area contributed by atoms with Gasteiger partial charge in [-0.1, -0.05) is 24.4 Å². The molecule has 1 unspecified atom stereocenters. The molecule has 1 aromatic carbocycles. The van der Waals surface area contributed by atoms with Crippen molar-refractivity contribution in [3.05, 3.63) is 28.8 Å². The molecule has 0 saturated heterocycles. The standard InChI is InChI=1S/C14H19ClN2O/c1-9(7-10-3-4-10)17-13-8-11(14(18)16-2)5-6-12(13)15/h5-6,8-10,17H,3-4,7H2,1-2H3,(H,16,18). The van der Waals surface area contributed by atoms with Crippen molar-refractivity contribution in [2.75, 3.05) is 12.4 Å². The van der Waals surface area contributed by atoms with Crippen molar-refractivity contribution < 1.29 is 4.79 Å². The summed E-state index contributed by atoms with van der Waals surface area (Å²) < 4.78 is 0. The van der Waals surface area contributed by atoms with E-state index in [0.29, 0.717) is 16.6 Å². The number of benzene rings is 1. The van der Waals surface area contributed by atoms with Crippen LogP contribution in [0.25, 0.3) is 0 Å². The molecule has 18 heavy (non-hydrogen) atoms. The molecule has 2 N–H and O–H groups in total. The molecule has 1 aliphatic rings. The highest BCUT2D eigenvalue weighted by Crippen LogP contribution is 2.34. The SMILES string of the molecule is CNC(=O)c1ccc(Cl)c(NC(C)CC2CC2)c1. The molecule has 0 heterocycles. The molecule has 1 amide bonds. The summed E-state index contributed by atoms with van der Waals surface area (Å²) in [4.78, 5) is 11.6. The number of hydrogen-bond acceptors (Lipinski definition) is 2. The van der Waals surface area contributed by atoms with Crippen LogP contribution in [0.5, 0.6) is 0 Å². The van der Waals surface area contributed by atoms with Crippen LogP contribution in [-0.4, -0.2) is 19.0 Å². The van der Waals surface area contributed by atoms with E-state index in [-0.39, 0.29) is 5.91 Å². The lowest BCUT2D eigenvalue weighted by Gasteiger charge is -2.16. The second-order valence-corrected chi connectivity index (χ2v) is 5.41. The number of hydrogen-bond donors (Lipinski definition) is 2. The summed E-state index contributed by atoms with van der Waals surface area (Å²) in [5.74, 6) is 0.776. The predicted octanol–water partition coefficient (Wildman–Crippen LogP) is 3.30. The lowest BCUT2D eigenvalue weighted by Crippen LogP contribution is -2.19. The molecule has 0 bridgehead atoms. The summed E-state index contributed by atoms with van der Waals surface area (Å²) in [6.45, 7) is 2.15. The Bertz CT molecular complexity index is 443. The molecule has 4 heteroatoms. The van der Waals surface area contributed by atoms with Crippen LogP contribution in [-0.2, 0) is 0 Å². The smallest absolute Gasteiger partial charge is 0.251 e. The topological polar surface area (TPSA) is 41.1 Å². The number of halogens is 1. The first-order valence-corrected chi connectivity index (χ1v) is 6.76. The van der Waals surface area contributed by atoms with Gasteiger partial charge in [0.1, 0.15) is 0 Å². The Morgan fingerprint density at radius 3 is 2.83 bits per heavy atom. The Hall–Kier alpha value is -1.22. The van der Waals surface area contributed by atoms with Gasteiger partial charge in [-0.3, -0.25) is 4.79 Å². The van der Waals surface area contributed by atoms with Crippen LogP contribution in [0.2, 0.25) is 5.02 Å². The Morgan fingerprint density at radius 1 is 1.50 bits per heavy atom. The third-order valence-corrected chi connectivity index (χ3v) is 3.57. The minimum absolute atomic E-state index is 0.0930. The molecule has 2 rings (SSSR count). The lowest BCUT2D eigenvalue weighted by atomic mass is 10.1. The van der Waals surface area contributed by atoms with Gasteiger partial charge in [0.05, 0.1) is 10.7 Å². The number of carbonyl (C=O) groups excluding carboxylic acids is 1. The first kappa shape index (κ1) is 13.2. The maximum atomic E-state index is 11.6. The van der Waals surface area contributed by atoms with Gasteiger partial charge in [0.25, 0.3) is 5.91 Å². The summed E-state index contributed by atoms with van der Waals surface area (Å²) in [5, 5.41) is 6.66. The fourth-order valence-corrected chi connectivity index (χ4v) is 2.27. The van der Waals surface area contributed by atoms with Gasteiger partial charge >= 0.3 is 0 Å². The quantitative estimate of drug-likeness (QED) is 0.859. The Balaban J connectivity index is 2.07. The van der Waals surface area contributed by atoms with E-state index in [1.165, 1.54) is 19.3 Å². The van der Waals surface area contributed by atoms with Crippen molar-refractivity contribution in [2.45, 2.75) is 32.2 Å². The van der Waals surface area contributed by atoms with Gasteiger partial charge in [0.2, 0.25) is 0 Å². The summed E-state index contributed by atoms with van der Waals surface area (Å²) >= 11 is 6.15. The fourth-order valence-electron chi connectivity index (χ4n) is 2.10. The van der Waals surface area contributed by atoms with Crippen molar-refractivity contribution in [1.82, 2.24) is 5.32 Å². The molecular weight excluding hydrogens is 248 g/mol. The van der Waals surface area contributed by atoms with Crippen molar-refractivity contribution in [3.63, 3.8) is 0 Å². The molecule has 0 spiro atoms. The highest BCUT2D eigenvalue weighted by molar-refractivity contribution is 6.33. The molecule has 1 atom stereocenters. The van der Waals surface area contributed by atoms with Crippen LogP contribution in [0.1, 0.15) is 36.5 Å². The lowest BCUT2D eigenvalue weighted by molar-refractivity contribution is 0.0963. The molecule has 98 valence electrons. The van der Waals surface area contributed by atoms with E-state index >= 15 is 0 Å². The zero-order chi connectivity index (χ0) is 13.1. The molecule has 1 aromatic rings. The van der Waals surface area contributed by atoms with Gasteiger partial charge in [0, 0.05) is 18.7 Å². The van der Waals surface area contributed by atoms with Crippen LogP contribution < -0.4 is 10.6 Å². The van der Waals surface area contributed by atoms with E-state index in [9.17, 15) is 4.79 Å². The summed E-state index contributed by atoms with van der Waals surface area (Å²) in [7, 11) is 1.62. The van der Waals surface area contributed by atoms with Crippen LogP contribution in [0.15, 0.2) is 18.2 Å². The van der Waals surface area contributed by atoms with Crippen LogP contribution in [0, 0.1) is 5.92 Å². The summed E-state index contributed by atoms with van der Waals surface area (Å²) in [5.41, 5.74) is 1.47. The van der Waals surface area contributed by atoms with Gasteiger partial charge in [-0.05, 0) is 37.5 Å². The van der Waals surface area contributed by atoms with Crippen LogP contribution in [0.4, 0.5) is 5.69 Å². The average molecular weight is 267 g/mol. The van der Waals surface area contributed by atoms with Crippen molar-refractivity contribution in [1.29, 1.82) is 0 Å². The number of nitrogens with one attached hydrogen (secondary N) is 2. The zero-order valence-electron chi connectivity index (χ0n) is 10.8. The fraction of sp³-hybridized carbons (Fsp3) is 0.500. The zero-order valence-corrected chi connectivity index (χ0v) is 11.6. The summed E-state index contributed by atoms with van der Waals surface area (Å²) in [6, 6.07) is 5.69. The first-order valence-electron chi connectivity index (χ1n) is 6.38. The molecule has 3 nitrogen and oxygen atoms in total. The van der Waals surface area contributed by atoms with E-state index in [0.717, 1.165) is 11.6 Å². The molecule has 0 radical (unpaired) electrons. The number of amides is 1. The highest BCUT2D eigenvalue weighted by atomic mass is 35.5. The number of carbonyl (C=O) groups is 1. The second kappa shape index (κ2) is 5.61. The molecular formula is C14H19ClN2O. The van der Waals surface area contributed by atoms with Crippen molar-refractivity contribution in [3.8, 4) is 0 Å².